The SMILES string of the molecule is CC.Cc1csc2c(N)ncnc12. The summed E-state index contributed by atoms with van der Waals surface area (Å²) in [5.74, 6) is 0.577. The first-order valence-electron chi connectivity index (χ1n) is 4.23. The summed E-state index contributed by atoms with van der Waals surface area (Å²) in [6.45, 7) is 6.02. The van der Waals surface area contributed by atoms with Gasteiger partial charge in [-0.05, 0) is 17.9 Å². The van der Waals surface area contributed by atoms with Crippen LogP contribution in [0.25, 0.3) is 10.2 Å². The number of aromatic nitrogens is 2. The predicted molar refractivity (Wildman–Crippen MR) is 57.9 cm³/mol. The van der Waals surface area contributed by atoms with E-state index >= 15 is 0 Å². The van der Waals surface area contributed by atoms with E-state index in [4.69, 9.17) is 5.73 Å². The Labute approximate surface area is 81.6 Å². The maximum absolute atomic E-state index is 5.63. The topological polar surface area (TPSA) is 51.8 Å². The minimum Gasteiger partial charge on any atom is -0.382 e. The number of nitrogens with zero attached hydrogens (tertiary/aromatic N) is 2. The lowest BCUT2D eigenvalue weighted by Gasteiger charge is -1.92. The lowest BCUT2D eigenvalue weighted by atomic mass is 10.3. The lowest BCUT2D eigenvalue weighted by Crippen LogP contribution is -1.90. The minimum absolute atomic E-state index is 0.577. The molecule has 2 N–H and O–H groups in total. The summed E-state index contributed by atoms with van der Waals surface area (Å²) in [4.78, 5) is 8.02. The number of anilines is 1. The molecule has 0 fully saturated rings. The Kier molecular flexibility index (Phi) is 3.19. The number of thiophene rings is 1. The van der Waals surface area contributed by atoms with Crippen molar-refractivity contribution in [2.24, 2.45) is 0 Å². The van der Waals surface area contributed by atoms with E-state index in [0.29, 0.717) is 5.82 Å². The zero-order valence-corrected chi connectivity index (χ0v) is 8.85. The normalized spacial score (nSPS) is 9.46. The van der Waals surface area contributed by atoms with E-state index in [1.54, 1.807) is 11.3 Å². The Bertz CT molecular complexity index is 395. The van der Waals surface area contributed by atoms with Gasteiger partial charge in [0.15, 0.2) is 0 Å². The van der Waals surface area contributed by atoms with Crippen molar-refractivity contribution in [3.8, 4) is 0 Å². The fraction of sp³-hybridized carbons (Fsp3) is 0.333. The highest BCUT2D eigenvalue weighted by molar-refractivity contribution is 7.17. The van der Waals surface area contributed by atoms with Crippen LogP contribution in [0, 0.1) is 6.92 Å². The quantitative estimate of drug-likeness (QED) is 0.703. The first kappa shape index (κ1) is 9.92. The molecular formula is C9H13N3S. The maximum atomic E-state index is 5.63. The van der Waals surface area contributed by atoms with Gasteiger partial charge in [0, 0.05) is 0 Å². The van der Waals surface area contributed by atoms with Crippen LogP contribution in [0.3, 0.4) is 0 Å². The van der Waals surface area contributed by atoms with Crippen molar-refractivity contribution in [1.82, 2.24) is 9.97 Å². The van der Waals surface area contributed by atoms with E-state index in [1.807, 2.05) is 26.2 Å². The van der Waals surface area contributed by atoms with Gasteiger partial charge in [0.1, 0.15) is 12.1 Å². The molecule has 0 saturated heterocycles. The second-order valence-corrected chi connectivity index (χ2v) is 3.24. The number of rotatable bonds is 0. The third kappa shape index (κ3) is 1.78. The van der Waals surface area contributed by atoms with Crippen molar-refractivity contribution in [3.63, 3.8) is 0 Å². The van der Waals surface area contributed by atoms with Crippen molar-refractivity contribution in [3.05, 3.63) is 17.3 Å². The summed E-state index contributed by atoms with van der Waals surface area (Å²) < 4.78 is 0.991. The molecule has 2 aromatic rings. The van der Waals surface area contributed by atoms with E-state index in [2.05, 4.69) is 9.97 Å². The molecule has 0 aliphatic heterocycles. The van der Waals surface area contributed by atoms with Crippen LogP contribution < -0.4 is 5.73 Å². The molecule has 2 heterocycles. The van der Waals surface area contributed by atoms with Crippen LogP contribution in [0.2, 0.25) is 0 Å². The van der Waals surface area contributed by atoms with Crippen LogP contribution in [0.5, 0.6) is 0 Å². The molecule has 70 valence electrons. The summed E-state index contributed by atoms with van der Waals surface area (Å²) in [6, 6.07) is 0. The molecule has 0 atom stereocenters. The molecule has 0 aliphatic rings. The highest BCUT2D eigenvalue weighted by Crippen LogP contribution is 2.26. The average Bonchev–Trinajstić information content (AvgIpc) is 2.53. The molecular weight excluding hydrogens is 182 g/mol. The van der Waals surface area contributed by atoms with E-state index in [1.165, 1.54) is 11.9 Å². The van der Waals surface area contributed by atoms with Gasteiger partial charge < -0.3 is 5.73 Å². The molecule has 4 heteroatoms. The van der Waals surface area contributed by atoms with Crippen molar-refractivity contribution in [1.29, 1.82) is 0 Å². The standard InChI is InChI=1S/C7H7N3S.C2H6/c1-4-2-11-6-5(4)9-3-10-7(6)8;1-2/h2-3H,1H3,(H2,8,9,10);1-2H3. The number of nitrogens with two attached hydrogens (primary N) is 1. The van der Waals surface area contributed by atoms with Crippen LogP contribution >= 0.6 is 11.3 Å². The van der Waals surface area contributed by atoms with Crippen molar-refractivity contribution in [2.75, 3.05) is 5.73 Å². The summed E-state index contributed by atoms with van der Waals surface area (Å²) in [7, 11) is 0. The summed E-state index contributed by atoms with van der Waals surface area (Å²) in [6.07, 6.45) is 1.50. The first-order chi connectivity index (χ1) is 6.29. The number of aryl methyl sites for hydroxylation is 1. The summed E-state index contributed by atoms with van der Waals surface area (Å²) in [5, 5.41) is 2.04. The van der Waals surface area contributed by atoms with Crippen molar-refractivity contribution >= 4 is 27.4 Å². The largest absolute Gasteiger partial charge is 0.382 e. The molecule has 0 bridgehead atoms. The Morgan fingerprint density at radius 3 is 2.62 bits per heavy atom. The van der Waals surface area contributed by atoms with Gasteiger partial charge in [0.25, 0.3) is 0 Å². The third-order valence-electron chi connectivity index (χ3n) is 1.56. The molecule has 0 saturated carbocycles. The average molecular weight is 195 g/mol. The Morgan fingerprint density at radius 2 is 2.00 bits per heavy atom. The highest BCUT2D eigenvalue weighted by atomic mass is 32.1. The second kappa shape index (κ2) is 4.18. The minimum atomic E-state index is 0.577. The zero-order chi connectivity index (χ0) is 9.84. The van der Waals surface area contributed by atoms with Gasteiger partial charge in [0.05, 0.1) is 10.2 Å². The number of nitrogen functional groups attached to an aromatic ring is 1. The predicted octanol–water partition coefficient (Wildman–Crippen LogP) is 2.61. The van der Waals surface area contributed by atoms with E-state index < -0.39 is 0 Å². The maximum Gasteiger partial charge on any atom is 0.144 e. The first-order valence-corrected chi connectivity index (χ1v) is 5.11. The molecule has 13 heavy (non-hydrogen) atoms. The molecule has 0 amide bonds. The number of hydrogen-bond donors (Lipinski definition) is 1. The van der Waals surface area contributed by atoms with Crippen LogP contribution in [0.4, 0.5) is 5.82 Å². The Morgan fingerprint density at radius 1 is 1.31 bits per heavy atom. The van der Waals surface area contributed by atoms with Gasteiger partial charge in [-0.3, -0.25) is 0 Å². The smallest absolute Gasteiger partial charge is 0.144 e. The Hall–Kier alpha value is -1.16. The van der Waals surface area contributed by atoms with Gasteiger partial charge in [-0.15, -0.1) is 11.3 Å². The molecule has 0 aliphatic carbocycles. The van der Waals surface area contributed by atoms with Crippen LogP contribution in [0.15, 0.2) is 11.7 Å². The lowest BCUT2D eigenvalue weighted by molar-refractivity contribution is 1.23. The van der Waals surface area contributed by atoms with Crippen molar-refractivity contribution < 1.29 is 0 Å². The van der Waals surface area contributed by atoms with Crippen molar-refractivity contribution in [2.45, 2.75) is 20.8 Å². The fourth-order valence-corrected chi connectivity index (χ4v) is 1.89. The molecule has 0 spiro atoms. The van der Waals surface area contributed by atoms with Gasteiger partial charge in [-0.1, -0.05) is 13.8 Å². The van der Waals surface area contributed by atoms with Crippen LogP contribution in [-0.4, -0.2) is 9.97 Å². The van der Waals surface area contributed by atoms with Gasteiger partial charge in [-0.25, -0.2) is 9.97 Å². The third-order valence-corrected chi connectivity index (χ3v) is 2.67. The van der Waals surface area contributed by atoms with Gasteiger partial charge >= 0.3 is 0 Å². The van der Waals surface area contributed by atoms with Gasteiger partial charge in [-0.2, -0.15) is 0 Å². The van der Waals surface area contributed by atoms with Gasteiger partial charge in [0.2, 0.25) is 0 Å². The number of fused-ring (bicyclic) bond motifs is 1. The highest BCUT2D eigenvalue weighted by Gasteiger charge is 2.03. The molecule has 2 rings (SSSR count). The van der Waals surface area contributed by atoms with Crippen LogP contribution in [-0.2, 0) is 0 Å². The summed E-state index contributed by atoms with van der Waals surface area (Å²) in [5.41, 5.74) is 7.77. The zero-order valence-electron chi connectivity index (χ0n) is 8.03. The monoisotopic (exact) mass is 195 g/mol. The van der Waals surface area contributed by atoms with E-state index in [0.717, 1.165) is 10.2 Å². The van der Waals surface area contributed by atoms with E-state index in [-0.39, 0.29) is 0 Å². The molecule has 3 nitrogen and oxygen atoms in total. The molecule has 2 aromatic heterocycles. The Balaban J connectivity index is 0.000000396. The molecule has 0 unspecified atom stereocenters. The summed E-state index contributed by atoms with van der Waals surface area (Å²) >= 11 is 1.59. The van der Waals surface area contributed by atoms with Crippen LogP contribution in [0.1, 0.15) is 19.4 Å². The second-order valence-electron chi connectivity index (χ2n) is 2.36. The van der Waals surface area contributed by atoms with E-state index in [9.17, 15) is 0 Å². The molecule has 0 aromatic carbocycles. The fourth-order valence-electron chi connectivity index (χ4n) is 0.988. The number of hydrogen-bond acceptors (Lipinski definition) is 4. The molecule has 0 radical (unpaired) electrons.